The van der Waals surface area contributed by atoms with Gasteiger partial charge in [0.2, 0.25) is 0 Å². The lowest BCUT2D eigenvalue weighted by molar-refractivity contribution is 0.0351. The summed E-state index contributed by atoms with van der Waals surface area (Å²) in [4.78, 5) is 2.46. The number of ether oxygens (including phenoxy) is 1. The number of benzene rings is 1. The van der Waals surface area contributed by atoms with Crippen LogP contribution in [0.1, 0.15) is 12.0 Å². The van der Waals surface area contributed by atoms with E-state index in [1.165, 1.54) is 0 Å². The fourth-order valence-corrected chi connectivity index (χ4v) is 4.32. The monoisotopic (exact) mass is 301 g/mol. The number of rotatable bonds is 2. The molecule has 2 fully saturated rings. The van der Waals surface area contributed by atoms with Crippen molar-refractivity contribution in [3.8, 4) is 0 Å². The van der Waals surface area contributed by atoms with Gasteiger partial charge in [0.1, 0.15) is 5.82 Å². The molecule has 3 rings (SSSR count). The van der Waals surface area contributed by atoms with Crippen molar-refractivity contribution in [2.45, 2.75) is 24.3 Å². The molecule has 0 aromatic heterocycles. The van der Waals surface area contributed by atoms with E-state index >= 15 is 0 Å². The molecule has 0 bridgehead atoms. The predicted octanol–water partition coefficient (Wildman–Crippen LogP) is 3.19. The second-order valence-electron chi connectivity index (χ2n) is 5.06. The number of thioether (sulfide) groups is 1. The van der Waals surface area contributed by atoms with Crippen LogP contribution in [0.15, 0.2) is 18.2 Å². The summed E-state index contributed by atoms with van der Waals surface area (Å²) in [6, 6.07) is 5.68. The first-order valence-corrected chi connectivity index (χ1v) is 8.04. The van der Waals surface area contributed by atoms with E-state index in [2.05, 4.69) is 4.90 Å². The first-order chi connectivity index (χ1) is 9.24. The van der Waals surface area contributed by atoms with Crippen molar-refractivity contribution in [3.05, 3.63) is 34.6 Å². The summed E-state index contributed by atoms with van der Waals surface area (Å²) in [6.45, 7) is 3.56. The van der Waals surface area contributed by atoms with Gasteiger partial charge in [-0.25, -0.2) is 4.39 Å². The molecule has 2 nitrogen and oxygen atoms in total. The molecule has 0 aliphatic carbocycles. The van der Waals surface area contributed by atoms with Gasteiger partial charge in [0, 0.05) is 36.7 Å². The van der Waals surface area contributed by atoms with Crippen molar-refractivity contribution in [1.82, 2.24) is 4.90 Å². The van der Waals surface area contributed by atoms with Crippen LogP contribution in [0, 0.1) is 5.82 Å². The molecule has 2 unspecified atom stereocenters. The van der Waals surface area contributed by atoms with Gasteiger partial charge in [-0.15, -0.1) is 0 Å². The van der Waals surface area contributed by atoms with E-state index in [-0.39, 0.29) is 10.8 Å². The fourth-order valence-electron chi connectivity index (χ4n) is 2.83. The van der Waals surface area contributed by atoms with Crippen molar-refractivity contribution < 1.29 is 9.13 Å². The maximum absolute atomic E-state index is 13.5. The lowest BCUT2D eigenvalue weighted by Crippen LogP contribution is -2.51. The molecule has 104 valence electrons. The summed E-state index contributed by atoms with van der Waals surface area (Å²) in [6.07, 6.45) is 1.08. The van der Waals surface area contributed by atoms with Crippen LogP contribution in [0.5, 0.6) is 0 Å². The highest BCUT2D eigenvalue weighted by molar-refractivity contribution is 8.00. The van der Waals surface area contributed by atoms with Crippen molar-refractivity contribution >= 4 is 23.4 Å². The molecule has 0 saturated carbocycles. The van der Waals surface area contributed by atoms with Gasteiger partial charge in [0.05, 0.1) is 11.6 Å². The number of hydrogen-bond donors (Lipinski definition) is 0. The van der Waals surface area contributed by atoms with Crippen LogP contribution in [0.2, 0.25) is 5.02 Å². The number of halogens is 2. The lowest BCUT2D eigenvalue weighted by Gasteiger charge is -2.43. The molecule has 2 aliphatic rings. The smallest absolute Gasteiger partial charge is 0.142 e. The van der Waals surface area contributed by atoms with Gasteiger partial charge in [0.15, 0.2) is 0 Å². The van der Waals surface area contributed by atoms with Gasteiger partial charge in [-0.1, -0.05) is 17.7 Å². The van der Waals surface area contributed by atoms with Crippen molar-refractivity contribution in [2.24, 2.45) is 0 Å². The highest BCUT2D eigenvalue weighted by atomic mass is 35.5. The molecule has 0 spiro atoms. The summed E-state index contributed by atoms with van der Waals surface area (Å²) >= 11 is 7.73. The Bertz CT molecular complexity index is 457. The fraction of sp³-hybridized carbons (Fsp3) is 0.571. The molecule has 2 aliphatic heterocycles. The van der Waals surface area contributed by atoms with E-state index < -0.39 is 0 Å². The van der Waals surface area contributed by atoms with Crippen LogP contribution in [0.3, 0.4) is 0 Å². The largest absolute Gasteiger partial charge is 0.380 e. The molecule has 1 aromatic carbocycles. The predicted molar refractivity (Wildman–Crippen MR) is 77.3 cm³/mol. The lowest BCUT2D eigenvalue weighted by atomic mass is 10.0. The van der Waals surface area contributed by atoms with Gasteiger partial charge < -0.3 is 4.74 Å². The van der Waals surface area contributed by atoms with Gasteiger partial charge in [-0.3, -0.25) is 4.90 Å². The Balaban J connectivity index is 1.72. The zero-order valence-corrected chi connectivity index (χ0v) is 12.2. The quantitative estimate of drug-likeness (QED) is 0.832. The minimum atomic E-state index is -0.325. The SMILES string of the molecule is Fc1cc(CN2CCSC3COCCC32)ccc1Cl. The number of fused-ring (bicyclic) bond motifs is 1. The molecule has 1 aromatic rings. The van der Waals surface area contributed by atoms with Gasteiger partial charge in [-0.05, 0) is 24.1 Å². The van der Waals surface area contributed by atoms with E-state index in [0.717, 1.165) is 44.0 Å². The molecule has 0 amide bonds. The van der Waals surface area contributed by atoms with Crippen LogP contribution in [0.4, 0.5) is 4.39 Å². The van der Waals surface area contributed by atoms with E-state index in [1.54, 1.807) is 12.1 Å². The highest BCUT2D eigenvalue weighted by Crippen LogP contribution is 2.31. The van der Waals surface area contributed by atoms with Crippen LogP contribution in [-0.2, 0) is 11.3 Å². The molecule has 0 N–H and O–H groups in total. The maximum atomic E-state index is 13.5. The van der Waals surface area contributed by atoms with Gasteiger partial charge in [0.25, 0.3) is 0 Å². The summed E-state index contributed by atoms with van der Waals surface area (Å²) in [7, 11) is 0. The average molecular weight is 302 g/mol. The summed E-state index contributed by atoms with van der Waals surface area (Å²) in [5, 5.41) is 0.765. The van der Waals surface area contributed by atoms with Crippen molar-refractivity contribution in [2.75, 3.05) is 25.5 Å². The topological polar surface area (TPSA) is 12.5 Å². The second-order valence-corrected chi connectivity index (χ2v) is 6.81. The molecule has 0 radical (unpaired) electrons. The summed E-state index contributed by atoms with van der Waals surface area (Å²) < 4.78 is 19.0. The van der Waals surface area contributed by atoms with Crippen molar-refractivity contribution in [1.29, 1.82) is 0 Å². The molecule has 5 heteroatoms. The molecule has 2 saturated heterocycles. The molecular formula is C14H17ClFNOS. The summed E-state index contributed by atoms with van der Waals surface area (Å²) in [5.74, 6) is 0.801. The Labute approximate surface area is 122 Å². The van der Waals surface area contributed by atoms with Crippen LogP contribution < -0.4 is 0 Å². The highest BCUT2D eigenvalue weighted by Gasteiger charge is 2.34. The zero-order valence-electron chi connectivity index (χ0n) is 10.6. The third-order valence-corrected chi connectivity index (χ3v) is 5.42. The maximum Gasteiger partial charge on any atom is 0.142 e. The van der Waals surface area contributed by atoms with E-state index in [0.29, 0.717) is 11.3 Å². The Kier molecular flexibility index (Phi) is 4.32. The number of hydrogen-bond acceptors (Lipinski definition) is 3. The third kappa shape index (κ3) is 3.07. The average Bonchev–Trinajstić information content (AvgIpc) is 2.43. The van der Waals surface area contributed by atoms with E-state index in [1.807, 2.05) is 17.8 Å². The minimum absolute atomic E-state index is 0.196. The molecule has 2 heterocycles. The first-order valence-electron chi connectivity index (χ1n) is 6.61. The zero-order chi connectivity index (χ0) is 13.2. The van der Waals surface area contributed by atoms with Crippen LogP contribution in [0.25, 0.3) is 0 Å². The Morgan fingerprint density at radius 2 is 2.37 bits per heavy atom. The molecule has 2 atom stereocenters. The molecular weight excluding hydrogens is 285 g/mol. The Morgan fingerprint density at radius 3 is 3.21 bits per heavy atom. The Morgan fingerprint density at radius 1 is 1.47 bits per heavy atom. The van der Waals surface area contributed by atoms with Gasteiger partial charge >= 0.3 is 0 Å². The van der Waals surface area contributed by atoms with Gasteiger partial charge in [-0.2, -0.15) is 11.8 Å². The van der Waals surface area contributed by atoms with Crippen LogP contribution in [-0.4, -0.2) is 41.7 Å². The second kappa shape index (κ2) is 6.00. The normalized spacial score (nSPS) is 28.1. The van der Waals surface area contributed by atoms with E-state index in [9.17, 15) is 4.39 Å². The Hall–Kier alpha value is -0.290. The summed E-state index contributed by atoms with van der Waals surface area (Å²) in [5.41, 5.74) is 0.999. The van der Waals surface area contributed by atoms with Crippen LogP contribution >= 0.6 is 23.4 Å². The molecule has 19 heavy (non-hydrogen) atoms. The minimum Gasteiger partial charge on any atom is -0.380 e. The first kappa shape index (κ1) is 13.7. The number of nitrogens with zero attached hydrogens (tertiary/aromatic N) is 1. The standard InChI is InChI=1S/C14H17ClFNOS/c15-11-2-1-10(7-12(11)16)8-17-4-6-19-14-9-18-5-3-13(14)17/h1-2,7,13-14H,3-6,8-9H2. The van der Waals surface area contributed by atoms with Crippen molar-refractivity contribution in [3.63, 3.8) is 0 Å². The third-order valence-electron chi connectivity index (χ3n) is 3.82. The van der Waals surface area contributed by atoms with E-state index in [4.69, 9.17) is 16.3 Å².